The lowest BCUT2D eigenvalue weighted by atomic mass is 10.2. The van der Waals surface area contributed by atoms with Crippen molar-refractivity contribution in [3.63, 3.8) is 0 Å². The molecule has 0 aliphatic heterocycles. The number of aryl methyl sites for hydroxylation is 2. The molecule has 0 bridgehead atoms. The van der Waals surface area contributed by atoms with Crippen LogP contribution in [0.5, 0.6) is 0 Å². The van der Waals surface area contributed by atoms with Crippen molar-refractivity contribution in [3.8, 4) is 0 Å². The van der Waals surface area contributed by atoms with Gasteiger partial charge in [-0.1, -0.05) is 0 Å². The quantitative estimate of drug-likeness (QED) is 0.665. The van der Waals surface area contributed by atoms with Gasteiger partial charge in [0.1, 0.15) is 11.6 Å². The van der Waals surface area contributed by atoms with Gasteiger partial charge >= 0.3 is 0 Å². The van der Waals surface area contributed by atoms with Gasteiger partial charge in [0.2, 0.25) is 0 Å². The van der Waals surface area contributed by atoms with Crippen molar-refractivity contribution >= 4 is 11.6 Å². The van der Waals surface area contributed by atoms with Gasteiger partial charge in [0.15, 0.2) is 0 Å². The minimum atomic E-state index is -0.260. The number of hydrogen-bond acceptors (Lipinski definition) is 7. The predicted octanol–water partition coefficient (Wildman–Crippen LogP) is 1.71. The zero-order chi connectivity index (χ0) is 18.4. The van der Waals surface area contributed by atoms with Gasteiger partial charge in [0.25, 0.3) is 0 Å². The number of anilines is 2. The molecule has 0 fully saturated rings. The molecule has 0 spiro atoms. The number of nitrogens with zero attached hydrogens (tertiary/aromatic N) is 2. The third kappa shape index (κ3) is 6.30. The Labute approximate surface area is 148 Å². The molecule has 0 radical (unpaired) electrons. The minimum absolute atomic E-state index is 0.181. The van der Waals surface area contributed by atoms with Gasteiger partial charge in [-0.2, -0.15) is 0 Å². The van der Waals surface area contributed by atoms with Gasteiger partial charge in [-0.15, -0.1) is 0 Å². The standard InChI is InChI=1S/C18H27N5O2/c1-11-4-14(22-17(20)6-11)8-24-10-16(19)13(3)25-9-15-5-12(2)7-18(21)23-15/h4-7,13,16H,8-10,19H2,1-3H3,(H2,20,22)(H2,21,23). The van der Waals surface area contributed by atoms with Crippen LogP contribution in [0.3, 0.4) is 0 Å². The average molecular weight is 345 g/mol. The summed E-state index contributed by atoms with van der Waals surface area (Å²) in [4.78, 5) is 8.47. The molecule has 0 aliphatic carbocycles. The van der Waals surface area contributed by atoms with Crippen LogP contribution in [-0.2, 0) is 22.7 Å². The van der Waals surface area contributed by atoms with E-state index in [0.29, 0.717) is 31.5 Å². The van der Waals surface area contributed by atoms with E-state index >= 15 is 0 Å². The molecule has 0 amide bonds. The van der Waals surface area contributed by atoms with Crippen LogP contribution >= 0.6 is 0 Å². The van der Waals surface area contributed by atoms with Crippen LogP contribution in [0.15, 0.2) is 24.3 Å². The van der Waals surface area contributed by atoms with Gasteiger partial charge in [0.05, 0.1) is 43.4 Å². The maximum atomic E-state index is 6.12. The first-order chi connectivity index (χ1) is 11.8. The summed E-state index contributed by atoms with van der Waals surface area (Å²) in [5.41, 5.74) is 21.3. The monoisotopic (exact) mass is 345 g/mol. The van der Waals surface area contributed by atoms with E-state index in [1.165, 1.54) is 0 Å². The molecule has 2 heterocycles. The van der Waals surface area contributed by atoms with E-state index in [1.54, 1.807) is 0 Å². The van der Waals surface area contributed by atoms with Crippen LogP contribution in [0.4, 0.5) is 11.6 Å². The molecule has 0 saturated heterocycles. The van der Waals surface area contributed by atoms with Crippen molar-refractivity contribution < 1.29 is 9.47 Å². The zero-order valence-electron chi connectivity index (χ0n) is 15.0. The molecule has 6 N–H and O–H groups in total. The molecule has 2 atom stereocenters. The SMILES string of the molecule is Cc1cc(N)nc(COCC(N)C(C)OCc2cc(C)cc(N)n2)c1. The average Bonchev–Trinajstić information content (AvgIpc) is 2.50. The van der Waals surface area contributed by atoms with Crippen LogP contribution in [0.2, 0.25) is 0 Å². The first-order valence-electron chi connectivity index (χ1n) is 8.24. The molecular weight excluding hydrogens is 318 g/mol. The van der Waals surface area contributed by atoms with Crippen molar-refractivity contribution in [2.45, 2.75) is 46.1 Å². The maximum absolute atomic E-state index is 6.12. The summed E-state index contributed by atoms with van der Waals surface area (Å²) < 4.78 is 11.4. The first-order valence-corrected chi connectivity index (χ1v) is 8.24. The summed E-state index contributed by atoms with van der Waals surface area (Å²) in [6, 6.07) is 7.26. The van der Waals surface area contributed by atoms with Crippen molar-refractivity contribution in [2.24, 2.45) is 5.73 Å². The van der Waals surface area contributed by atoms with Gasteiger partial charge in [-0.25, -0.2) is 9.97 Å². The third-order valence-electron chi connectivity index (χ3n) is 3.74. The Morgan fingerprint density at radius 1 is 0.920 bits per heavy atom. The Morgan fingerprint density at radius 3 is 1.96 bits per heavy atom. The third-order valence-corrected chi connectivity index (χ3v) is 3.74. The topological polar surface area (TPSA) is 122 Å². The van der Waals surface area contributed by atoms with E-state index in [9.17, 15) is 0 Å². The van der Waals surface area contributed by atoms with Gasteiger partial charge < -0.3 is 26.7 Å². The Bertz CT molecular complexity index is 667. The summed E-state index contributed by atoms with van der Waals surface area (Å²) in [5.74, 6) is 0.980. The molecule has 2 rings (SSSR count). The highest BCUT2D eigenvalue weighted by Gasteiger charge is 2.14. The van der Waals surface area contributed by atoms with Crippen LogP contribution in [-0.4, -0.2) is 28.7 Å². The fourth-order valence-electron chi connectivity index (χ4n) is 2.46. The maximum Gasteiger partial charge on any atom is 0.123 e. The molecule has 0 aliphatic rings. The van der Waals surface area contributed by atoms with E-state index in [2.05, 4.69) is 9.97 Å². The Morgan fingerprint density at radius 2 is 1.44 bits per heavy atom. The van der Waals surface area contributed by atoms with E-state index in [0.717, 1.165) is 22.5 Å². The van der Waals surface area contributed by atoms with Gasteiger partial charge in [0, 0.05) is 0 Å². The Hall–Kier alpha value is -2.22. The normalized spacial score (nSPS) is 13.6. The van der Waals surface area contributed by atoms with Crippen molar-refractivity contribution in [2.75, 3.05) is 18.1 Å². The van der Waals surface area contributed by atoms with Crippen LogP contribution in [0.25, 0.3) is 0 Å². The fraction of sp³-hybridized carbons (Fsp3) is 0.444. The van der Waals surface area contributed by atoms with Crippen molar-refractivity contribution in [1.82, 2.24) is 9.97 Å². The Balaban J connectivity index is 1.76. The van der Waals surface area contributed by atoms with Crippen LogP contribution < -0.4 is 17.2 Å². The highest BCUT2D eigenvalue weighted by Crippen LogP contribution is 2.10. The molecule has 2 aromatic heterocycles. The highest BCUT2D eigenvalue weighted by molar-refractivity contribution is 5.34. The molecule has 0 aromatic carbocycles. The summed E-state index contributed by atoms with van der Waals surface area (Å²) in [7, 11) is 0. The predicted molar refractivity (Wildman–Crippen MR) is 98.7 cm³/mol. The number of nitrogens with two attached hydrogens (primary N) is 3. The number of rotatable bonds is 8. The lowest BCUT2D eigenvalue weighted by molar-refractivity contribution is 0.00240. The molecule has 2 aromatic rings. The van der Waals surface area contributed by atoms with E-state index in [4.69, 9.17) is 26.7 Å². The van der Waals surface area contributed by atoms with Crippen molar-refractivity contribution in [1.29, 1.82) is 0 Å². The molecule has 136 valence electrons. The molecule has 7 heteroatoms. The summed E-state index contributed by atoms with van der Waals surface area (Å²) in [6.45, 7) is 6.93. The summed E-state index contributed by atoms with van der Waals surface area (Å²) in [6.07, 6.45) is -0.181. The second-order valence-electron chi connectivity index (χ2n) is 6.32. The Kier molecular flexibility index (Phi) is 6.69. The summed E-state index contributed by atoms with van der Waals surface area (Å²) >= 11 is 0. The van der Waals surface area contributed by atoms with Crippen LogP contribution in [0.1, 0.15) is 29.4 Å². The lowest BCUT2D eigenvalue weighted by Crippen LogP contribution is -2.38. The van der Waals surface area contributed by atoms with Gasteiger partial charge in [-0.3, -0.25) is 0 Å². The number of aromatic nitrogens is 2. The smallest absolute Gasteiger partial charge is 0.123 e. The second-order valence-corrected chi connectivity index (χ2v) is 6.32. The molecule has 7 nitrogen and oxygen atoms in total. The second kappa shape index (κ2) is 8.75. The minimum Gasteiger partial charge on any atom is -0.384 e. The van der Waals surface area contributed by atoms with Crippen LogP contribution in [0, 0.1) is 13.8 Å². The van der Waals surface area contributed by atoms with E-state index < -0.39 is 0 Å². The lowest BCUT2D eigenvalue weighted by Gasteiger charge is -2.20. The largest absolute Gasteiger partial charge is 0.384 e. The highest BCUT2D eigenvalue weighted by atomic mass is 16.5. The molecule has 25 heavy (non-hydrogen) atoms. The van der Waals surface area contributed by atoms with Crippen molar-refractivity contribution in [3.05, 3.63) is 46.8 Å². The first kappa shape index (κ1) is 19.1. The fourth-order valence-corrected chi connectivity index (χ4v) is 2.46. The molecule has 2 unspecified atom stereocenters. The van der Waals surface area contributed by atoms with E-state index in [1.807, 2.05) is 45.0 Å². The zero-order valence-corrected chi connectivity index (χ0v) is 15.0. The van der Waals surface area contributed by atoms with Gasteiger partial charge in [-0.05, 0) is 56.2 Å². The molecule has 0 saturated carbocycles. The summed E-state index contributed by atoms with van der Waals surface area (Å²) in [5, 5.41) is 0. The number of nitrogen functional groups attached to an aromatic ring is 2. The number of hydrogen-bond donors (Lipinski definition) is 3. The number of ether oxygens (including phenoxy) is 2. The number of pyridine rings is 2. The van der Waals surface area contributed by atoms with E-state index in [-0.39, 0.29) is 12.1 Å². The molecular formula is C18H27N5O2.